The lowest BCUT2D eigenvalue weighted by atomic mass is 10.2. The fraction of sp³-hybridized carbons (Fsp3) is 0.714. The summed E-state index contributed by atoms with van der Waals surface area (Å²) in [6.07, 6.45) is 1.28. The zero-order valence-corrected chi connectivity index (χ0v) is 9.38. The average molecular weight is 241 g/mol. The van der Waals surface area contributed by atoms with Crippen LogP contribution in [-0.2, 0) is 0 Å². The molecule has 0 amide bonds. The second-order valence-corrected chi connectivity index (χ2v) is 3.11. The Balaban J connectivity index is 0.000000845. The van der Waals surface area contributed by atoms with Crippen molar-refractivity contribution in [3.05, 3.63) is 11.9 Å². The van der Waals surface area contributed by atoms with E-state index in [1.54, 1.807) is 17.8 Å². The molecule has 5 nitrogen and oxygen atoms in total. The minimum absolute atomic E-state index is 0. The summed E-state index contributed by atoms with van der Waals surface area (Å²) in [4.78, 5) is 0. The second kappa shape index (κ2) is 5.50. The summed E-state index contributed by atoms with van der Waals surface area (Å²) >= 11 is 0. The highest BCUT2D eigenvalue weighted by molar-refractivity contribution is 5.85. The molecular formula is C7H14Cl2N4O. The summed E-state index contributed by atoms with van der Waals surface area (Å²) in [6.45, 7) is 3.58. The zero-order valence-electron chi connectivity index (χ0n) is 7.75. The molecule has 1 aromatic rings. The lowest BCUT2D eigenvalue weighted by Crippen LogP contribution is -2.43. The summed E-state index contributed by atoms with van der Waals surface area (Å²) in [7, 11) is 0. The topological polar surface area (TPSA) is 63.0 Å². The molecule has 1 aliphatic rings. The van der Waals surface area contributed by atoms with E-state index in [-0.39, 0.29) is 24.8 Å². The van der Waals surface area contributed by atoms with Gasteiger partial charge in [-0.25, -0.2) is 4.68 Å². The van der Waals surface area contributed by atoms with Crippen molar-refractivity contribution >= 4 is 24.8 Å². The third kappa shape index (κ3) is 2.57. The Morgan fingerprint density at radius 1 is 1.57 bits per heavy atom. The van der Waals surface area contributed by atoms with Crippen LogP contribution in [0.1, 0.15) is 24.8 Å². The molecule has 2 N–H and O–H groups in total. The van der Waals surface area contributed by atoms with Gasteiger partial charge >= 0.3 is 0 Å². The van der Waals surface area contributed by atoms with Gasteiger partial charge in [0.15, 0.2) is 0 Å². The smallest absolute Gasteiger partial charge is 0.111 e. The molecule has 2 heterocycles. The fourth-order valence-electron chi connectivity index (χ4n) is 1.12. The van der Waals surface area contributed by atoms with Gasteiger partial charge in [0.25, 0.3) is 0 Å². The summed E-state index contributed by atoms with van der Waals surface area (Å²) < 4.78 is 1.80. The van der Waals surface area contributed by atoms with E-state index in [0.29, 0.717) is 11.7 Å². The van der Waals surface area contributed by atoms with Crippen LogP contribution in [0.2, 0.25) is 0 Å². The SMILES string of the molecule is CC(O)c1cn(C2CNC2)nn1.Cl.Cl. The summed E-state index contributed by atoms with van der Waals surface area (Å²) in [5, 5.41) is 20.1. The van der Waals surface area contributed by atoms with Crippen LogP contribution in [0, 0.1) is 0 Å². The van der Waals surface area contributed by atoms with E-state index in [1.807, 2.05) is 0 Å². The first kappa shape index (κ1) is 13.6. The molecule has 1 aromatic heterocycles. The number of nitrogens with one attached hydrogen (secondary N) is 1. The highest BCUT2D eigenvalue weighted by atomic mass is 35.5. The van der Waals surface area contributed by atoms with E-state index in [0.717, 1.165) is 13.1 Å². The van der Waals surface area contributed by atoms with E-state index >= 15 is 0 Å². The maximum Gasteiger partial charge on any atom is 0.111 e. The number of nitrogens with zero attached hydrogens (tertiary/aromatic N) is 3. The maximum atomic E-state index is 9.18. The molecular weight excluding hydrogens is 227 g/mol. The highest BCUT2D eigenvalue weighted by Gasteiger charge is 2.20. The second-order valence-electron chi connectivity index (χ2n) is 3.11. The third-order valence-electron chi connectivity index (χ3n) is 2.09. The standard InChI is InChI=1S/C7H12N4O.2ClH/c1-5(12)7-4-11(10-9-7)6-2-8-3-6;;/h4-6,8,12H,2-3H2,1H3;2*1H. The molecule has 1 unspecified atom stereocenters. The van der Waals surface area contributed by atoms with Crippen LogP contribution in [0.15, 0.2) is 6.20 Å². The van der Waals surface area contributed by atoms with Gasteiger partial charge in [-0.2, -0.15) is 0 Å². The number of hydrogen-bond acceptors (Lipinski definition) is 4. The average Bonchev–Trinajstić information content (AvgIpc) is 2.32. The van der Waals surface area contributed by atoms with Crippen molar-refractivity contribution in [1.29, 1.82) is 0 Å². The Labute approximate surface area is 94.7 Å². The summed E-state index contributed by atoms with van der Waals surface area (Å²) in [5.74, 6) is 0. The van der Waals surface area contributed by atoms with Crippen molar-refractivity contribution in [2.24, 2.45) is 0 Å². The minimum Gasteiger partial charge on any atom is -0.387 e. The van der Waals surface area contributed by atoms with E-state index in [2.05, 4.69) is 15.6 Å². The van der Waals surface area contributed by atoms with Crippen molar-refractivity contribution in [2.75, 3.05) is 13.1 Å². The summed E-state index contributed by atoms with van der Waals surface area (Å²) in [5.41, 5.74) is 0.641. The highest BCUT2D eigenvalue weighted by Crippen LogP contribution is 2.13. The first-order chi connectivity index (χ1) is 5.77. The molecule has 0 aromatic carbocycles. The Kier molecular flexibility index (Phi) is 5.36. The van der Waals surface area contributed by atoms with Gasteiger partial charge in [0, 0.05) is 13.1 Å². The largest absolute Gasteiger partial charge is 0.387 e. The molecule has 82 valence electrons. The minimum atomic E-state index is -0.521. The van der Waals surface area contributed by atoms with Gasteiger partial charge in [0.1, 0.15) is 5.69 Å². The Morgan fingerprint density at radius 2 is 2.21 bits per heavy atom. The lowest BCUT2D eigenvalue weighted by Gasteiger charge is -2.26. The zero-order chi connectivity index (χ0) is 8.55. The van der Waals surface area contributed by atoms with Gasteiger partial charge < -0.3 is 10.4 Å². The van der Waals surface area contributed by atoms with Crippen LogP contribution in [0.4, 0.5) is 0 Å². The monoisotopic (exact) mass is 240 g/mol. The van der Waals surface area contributed by atoms with Crippen LogP contribution in [-0.4, -0.2) is 33.2 Å². The molecule has 0 bridgehead atoms. The molecule has 7 heteroatoms. The number of rotatable bonds is 2. The Bertz CT molecular complexity index is 274. The summed E-state index contributed by atoms with van der Waals surface area (Å²) in [6, 6.07) is 0.421. The van der Waals surface area contributed by atoms with Gasteiger partial charge in [0.05, 0.1) is 18.3 Å². The molecule has 1 fully saturated rings. The fourth-order valence-corrected chi connectivity index (χ4v) is 1.12. The first-order valence-corrected chi connectivity index (χ1v) is 4.08. The van der Waals surface area contributed by atoms with Gasteiger partial charge in [-0.3, -0.25) is 0 Å². The molecule has 1 aliphatic heterocycles. The molecule has 1 atom stereocenters. The predicted molar refractivity (Wildman–Crippen MR) is 57.1 cm³/mol. The van der Waals surface area contributed by atoms with Crippen molar-refractivity contribution in [3.63, 3.8) is 0 Å². The lowest BCUT2D eigenvalue weighted by molar-refractivity contribution is 0.194. The number of aliphatic hydroxyl groups excluding tert-OH is 1. The van der Waals surface area contributed by atoms with Crippen LogP contribution in [0.3, 0.4) is 0 Å². The van der Waals surface area contributed by atoms with Crippen LogP contribution in [0.5, 0.6) is 0 Å². The van der Waals surface area contributed by atoms with E-state index in [4.69, 9.17) is 0 Å². The number of aliphatic hydroxyl groups is 1. The molecule has 0 spiro atoms. The third-order valence-corrected chi connectivity index (χ3v) is 2.09. The molecule has 14 heavy (non-hydrogen) atoms. The maximum absolute atomic E-state index is 9.18. The number of halogens is 2. The van der Waals surface area contributed by atoms with E-state index < -0.39 is 6.10 Å². The molecule has 2 rings (SSSR count). The quantitative estimate of drug-likeness (QED) is 0.782. The Hall–Kier alpha value is -0.360. The van der Waals surface area contributed by atoms with Gasteiger partial charge in [-0.15, -0.1) is 29.9 Å². The van der Waals surface area contributed by atoms with Crippen molar-refractivity contribution < 1.29 is 5.11 Å². The van der Waals surface area contributed by atoms with Crippen LogP contribution >= 0.6 is 24.8 Å². The number of aromatic nitrogens is 3. The van der Waals surface area contributed by atoms with Gasteiger partial charge in [-0.1, -0.05) is 5.21 Å². The predicted octanol–water partition coefficient (Wildman–Crippen LogP) is 0.319. The van der Waals surface area contributed by atoms with E-state index in [1.165, 1.54) is 0 Å². The van der Waals surface area contributed by atoms with Crippen molar-refractivity contribution in [2.45, 2.75) is 19.1 Å². The first-order valence-electron chi connectivity index (χ1n) is 4.08. The van der Waals surface area contributed by atoms with Crippen molar-refractivity contribution in [1.82, 2.24) is 20.3 Å². The molecule has 0 radical (unpaired) electrons. The van der Waals surface area contributed by atoms with Gasteiger partial charge in [0.2, 0.25) is 0 Å². The normalized spacial score (nSPS) is 17.6. The van der Waals surface area contributed by atoms with Crippen LogP contribution in [0.25, 0.3) is 0 Å². The molecule has 1 saturated heterocycles. The van der Waals surface area contributed by atoms with Crippen LogP contribution < -0.4 is 5.32 Å². The molecule has 0 saturated carbocycles. The van der Waals surface area contributed by atoms with E-state index in [9.17, 15) is 5.11 Å². The van der Waals surface area contributed by atoms with Gasteiger partial charge in [-0.05, 0) is 6.92 Å². The van der Waals surface area contributed by atoms with Crippen molar-refractivity contribution in [3.8, 4) is 0 Å². The Morgan fingerprint density at radius 3 is 2.57 bits per heavy atom. The number of hydrogen-bond donors (Lipinski definition) is 2. The molecule has 0 aliphatic carbocycles.